The monoisotopic (exact) mass is 414 g/mol. The molecular formula is C25H26N4O2. The van der Waals surface area contributed by atoms with Crippen molar-refractivity contribution < 1.29 is 9.53 Å². The van der Waals surface area contributed by atoms with Crippen LogP contribution in [0.25, 0.3) is 16.7 Å². The maximum atomic E-state index is 12.8. The summed E-state index contributed by atoms with van der Waals surface area (Å²) in [5, 5.41) is 3.06. The smallest absolute Gasteiger partial charge is 0.251 e. The van der Waals surface area contributed by atoms with E-state index in [0.29, 0.717) is 12.1 Å². The van der Waals surface area contributed by atoms with Crippen LogP contribution < -0.4 is 10.1 Å². The molecule has 4 rings (SSSR count). The number of hydrogen-bond donors (Lipinski definition) is 1. The van der Waals surface area contributed by atoms with Crippen LogP contribution in [0.2, 0.25) is 0 Å². The van der Waals surface area contributed by atoms with Gasteiger partial charge in [0.05, 0.1) is 24.2 Å². The van der Waals surface area contributed by atoms with Gasteiger partial charge in [-0.3, -0.25) is 9.36 Å². The number of benzene rings is 3. The van der Waals surface area contributed by atoms with Gasteiger partial charge in [0.2, 0.25) is 0 Å². The fourth-order valence-electron chi connectivity index (χ4n) is 3.74. The number of likely N-dealkylation sites (N-methyl/N-ethyl adjacent to an activating group) is 1. The Balaban J connectivity index is 1.48. The standard InChI is InChI=1S/C25H26N4O2/c1-28(2)23(20-8-4-7-11-24(20)31-3)16-26-25(30)18-12-14-19(15-13-18)29-17-27-21-9-5-6-10-22(21)29/h4-15,17,23H,16H2,1-3H3,(H,26,30). The van der Waals surface area contributed by atoms with E-state index in [0.717, 1.165) is 28.0 Å². The molecule has 0 saturated heterocycles. The number of ether oxygens (including phenoxy) is 1. The Kier molecular flexibility index (Phi) is 6.00. The zero-order chi connectivity index (χ0) is 21.8. The van der Waals surface area contributed by atoms with Gasteiger partial charge < -0.3 is 15.0 Å². The molecule has 1 aromatic heterocycles. The molecule has 0 aliphatic carbocycles. The number of methoxy groups -OCH3 is 1. The third-order valence-electron chi connectivity index (χ3n) is 5.44. The summed E-state index contributed by atoms with van der Waals surface area (Å²) in [5.41, 5.74) is 4.59. The molecule has 1 unspecified atom stereocenters. The highest BCUT2D eigenvalue weighted by Crippen LogP contribution is 2.27. The number of amides is 1. The Bertz CT molecular complexity index is 1180. The van der Waals surface area contributed by atoms with Crippen molar-refractivity contribution >= 4 is 16.9 Å². The van der Waals surface area contributed by atoms with Gasteiger partial charge in [-0.25, -0.2) is 4.98 Å². The van der Waals surface area contributed by atoms with Crippen LogP contribution in [0, 0.1) is 0 Å². The maximum Gasteiger partial charge on any atom is 0.251 e. The summed E-state index contributed by atoms with van der Waals surface area (Å²) < 4.78 is 7.51. The molecule has 3 aromatic carbocycles. The second-order valence-corrected chi connectivity index (χ2v) is 7.58. The molecule has 1 heterocycles. The molecule has 31 heavy (non-hydrogen) atoms. The number of para-hydroxylation sites is 3. The molecule has 0 aliphatic heterocycles. The third-order valence-corrected chi connectivity index (χ3v) is 5.44. The molecule has 0 fully saturated rings. The molecule has 0 radical (unpaired) electrons. The predicted octanol–water partition coefficient (Wildman–Crippen LogP) is 4.07. The number of hydrogen-bond acceptors (Lipinski definition) is 4. The van der Waals surface area contributed by atoms with Crippen LogP contribution in [0.3, 0.4) is 0 Å². The zero-order valence-electron chi connectivity index (χ0n) is 17.9. The van der Waals surface area contributed by atoms with E-state index in [2.05, 4.69) is 15.2 Å². The molecule has 6 nitrogen and oxygen atoms in total. The normalized spacial score (nSPS) is 12.1. The molecule has 158 valence electrons. The van der Waals surface area contributed by atoms with Crippen molar-refractivity contribution in [2.75, 3.05) is 27.7 Å². The Hall–Kier alpha value is -3.64. The van der Waals surface area contributed by atoms with Crippen LogP contribution in [0.5, 0.6) is 5.75 Å². The van der Waals surface area contributed by atoms with E-state index >= 15 is 0 Å². The Morgan fingerprint density at radius 2 is 1.74 bits per heavy atom. The summed E-state index contributed by atoms with van der Waals surface area (Å²) >= 11 is 0. The fourth-order valence-corrected chi connectivity index (χ4v) is 3.74. The summed E-state index contributed by atoms with van der Waals surface area (Å²) in [5.74, 6) is 0.705. The average molecular weight is 415 g/mol. The van der Waals surface area contributed by atoms with E-state index in [1.165, 1.54) is 0 Å². The van der Waals surface area contributed by atoms with E-state index in [1.54, 1.807) is 13.4 Å². The quantitative estimate of drug-likeness (QED) is 0.495. The van der Waals surface area contributed by atoms with Crippen molar-refractivity contribution in [1.82, 2.24) is 19.8 Å². The molecule has 0 spiro atoms. The van der Waals surface area contributed by atoms with Crippen LogP contribution in [-0.4, -0.2) is 48.1 Å². The van der Waals surface area contributed by atoms with Gasteiger partial charge in [0.1, 0.15) is 12.1 Å². The van der Waals surface area contributed by atoms with Crippen molar-refractivity contribution in [3.63, 3.8) is 0 Å². The molecule has 1 N–H and O–H groups in total. The zero-order valence-corrected chi connectivity index (χ0v) is 17.9. The number of carbonyl (C=O) groups is 1. The third kappa shape index (κ3) is 4.29. The molecule has 0 saturated carbocycles. The van der Waals surface area contributed by atoms with Gasteiger partial charge in [-0.15, -0.1) is 0 Å². The minimum Gasteiger partial charge on any atom is -0.496 e. The van der Waals surface area contributed by atoms with E-state index < -0.39 is 0 Å². The minimum atomic E-state index is -0.108. The number of carbonyl (C=O) groups excluding carboxylic acids is 1. The van der Waals surface area contributed by atoms with Gasteiger partial charge in [-0.2, -0.15) is 0 Å². The lowest BCUT2D eigenvalue weighted by Crippen LogP contribution is -2.34. The molecule has 1 atom stereocenters. The topological polar surface area (TPSA) is 59.4 Å². The van der Waals surface area contributed by atoms with Crippen LogP contribution in [0.15, 0.2) is 79.1 Å². The second kappa shape index (κ2) is 9.02. The lowest BCUT2D eigenvalue weighted by Gasteiger charge is -2.26. The van der Waals surface area contributed by atoms with Crippen molar-refractivity contribution in [2.45, 2.75) is 6.04 Å². The summed E-state index contributed by atoms with van der Waals surface area (Å²) in [7, 11) is 5.65. The van der Waals surface area contributed by atoms with Crippen molar-refractivity contribution in [3.05, 3.63) is 90.3 Å². The summed E-state index contributed by atoms with van der Waals surface area (Å²) in [4.78, 5) is 19.3. The minimum absolute atomic E-state index is 0.00307. The molecular weight excluding hydrogens is 388 g/mol. The largest absolute Gasteiger partial charge is 0.496 e. The van der Waals surface area contributed by atoms with Gasteiger partial charge >= 0.3 is 0 Å². The van der Waals surface area contributed by atoms with E-state index in [4.69, 9.17) is 4.74 Å². The molecule has 1 amide bonds. The molecule has 0 bridgehead atoms. The van der Waals surface area contributed by atoms with Crippen LogP contribution in [0.4, 0.5) is 0 Å². The van der Waals surface area contributed by atoms with Crippen molar-refractivity contribution in [3.8, 4) is 11.4 Å². The van der Waals surface area contributed by atoms with Gasteiger partial charge in [0.15, 0.2) is 0 Å². The van der Waals surface area contributed by atoms with E-state index in [1.807, 2.05) is 91.5 Å². The highest BCUT2D eigenvalue weighted by Gasteiger charge is 2.19. The Morgan fingerprint density at radius 1 is 1.03 bits per heavy atom. The Morgan fingerprint density at radius 3 is 2.48 bits per heavy atom. The molecule has 6 heteroatoms. The summed E-state index contributed by atoms with van der Waals surface area (Å²) in [6.07, 6.45) is 1.80. The van der Waals surface area contributed by atoms with Gasteiger partial charge in [0, 0.05) is 23.4 Å². The number of aromatic nitrogens is 2. The first-order chi connectivity index (χ1) is 15.1. The second-order valence-electron chi connectivity index (χ2n) is 7.58. The lowest BCUT2D eigenvalue weighted by atomic mass is 10.0. The van der Waals surface area contributed by atoms with Crippen LogP contribution in [0.1, 0.15) is 22.0 Å². The number of rotatable bonds is 7. The predicted molar refractivity (Wildman–Crippen MR) is 123 cm³/mol. The van der Waals surface area contributed by atoms with E-state index in [-0.39, 0.29) is 11.9 Å². The highest BCUT2D eigenvalue weighted by atomic mass is 16.5. The van der Waals surface area contributed by atoms with Gasteiger partial charge in [0.25, 0.3) is 5.91 Å². The fraction of sp³-hybridized carbons (Fsp3) is 0.200. The first kappa shape index (κ1) is 20.6. The number of nitrogens with zero attached hydrogens (tertiary/aromatic N) is 3. The van der Waals surface area contributed by atoms with Crippen molar-refractivity contribution in [1.29, 1.82) is 0 Å². The van der Waals surface area contributed by atoms with E-state index in [9.17, 15) is 4.79 Å². The van der Waals surface area contributed by atoms with Crippen LogP contribution in [-0.2, 0) is 0 Å². The number of nitrogens with one attached hydrogen (secondary N) is 1. The van der Waals surface area contributed by atoms with Gasteiger partial charge in [-0.1, -0.05) is 30.3 Å². The summed E-state index contributed by atoms with van der Waals surface area (Å²) in [6, 6.07) is 23.4. The first-order valence-electron chi connectivity index (χ1n) is 10.2. The number of imidazole rings is 1. The average Bonchev–Trinajstić information content (AvgIpc) is 3.23. The molecule has 0 aliphatic rings. The maximum absolute atomic E-state index is 12.8. The SMILES string of the molecule is COc1ccccc1C(CNC(=O)c1ccc(-n2cnc3ccccc32)cc1)N(C)C. The van der Waals surface area contributed by atoms with Gasteiger partial charge in [-0.05, 0) is 56.6 Å². The summed E-state index contributed by atoms with van der Waals surface area (Å²) in [6.45, 7) is 0.472. The van der Waals surface area contributed by atoms with Crippen LogP contribution >= 0.6 is 0 Å². The first-order valence-corrected chi connectivity index (χ1v) is 10.2. The Labute approximate surface area is 182 Å². The van der Waals surface area contributed by atoms with Crippen molar-refractivity contribution in [2.24, 2.45) is 0 Å². The number of fused-ring (bicyclic) bond motifs is 1. The molecule has 4 aromatic rings. The lowest BCUT2D eigenvalue weighted by molar-refractivity contribution is 0.0941. The highest BCUT2D eigenvalue weighted by molar-refractivity contribution is 5.94.